The van der Waals surface area contributed by atoms with Gasteiger partial charge in [0.2, 0.25) is 0 Å². The van der Waals surface area contributed by atoms with Crippen LogP contribution in [0.3, 0.4) is 0 Å². The lowest BCUT2D eigenvalue weighted by Gasteiger charge is -2.53. The number of rotatable bonds is 9. The monoisotopic (exact) mass is 606 g/mol. The molecule has 11 heteroatoms. The van der Waals surface area contributed by atoms with Gasteiger partial charge in [-0.05, 0) is 38.8 Å². The second-order valence-corrected chi connectivity index (χ2v) is 12.8. The average molecular weight is 607 g/mol. The first-order chi connectivity index (χ1) is 20.1. The van der Waals surface area contributed by atoms with E-state index in [1.807, 2.05) is 6.08 Å². The first-order valence-electron chi connectivity index (χ1n) is 15.3. The lowest BCUT2D eigenvalue weighted by Crippen LogP contribution is -2.64. The second-order valence-electron chi connectivity index (χ2n) is 12.8. The molecule has 0 bridgehead atoms. The van der Waals surface area contributed by atoms with Crippen molar-refractivity contribution in [3.63, 3.8) is 0 Å². The fraction of sp³-hybridized carbons (Fsp3) is 0.750. The van der Waals surface area contributed by atoms with Crippen molar-refractivity contribution in [2.24, 2.45) is 11.3 Å². The van der Waals surface area contributed by atoms with Crippen LogP contribution in [0.15, 0.2) is 23.3 Å². The zero-order chi connectivity index (χ0) is 31.9. The van der Waals surface area contributed by atoms with Crippen LogP contribution >= 0.6 is 0 Å². The van der Waals surface area contributed by atoms with Crippen molar-refractivity contribution in [2.45, 2.75) is 141 Å². The Kier molecular flexibility index (Phi) is 9.50. The van der Waals surface area contributed by atoms with Crippen molar-refractivity contribution < 1.29 is 53.1 Å². The van der Waals surface area contributed by atoms with Gasteiger partial charge >= 0.3 is 23.9 Å². The number of carbonyl (C=O) groups excluding carboxylic acids is 4. The van der Waals surface area contributed by atoms with E-state index in [0.717, 1.165) is 25.7 Å². The van der Waals surface area contributed by atoms with E-state index in [2.05, 4.69) is 6.92 Å². The summed E-state index contributed by atoms with van der Waals surface area (Å²) in [6, 6.07) is 0. The molecule has 0 aromatic carbocycles. The number of aliphatic hydroxyl groups excluding tert-OH is 2. The minimum atomic E-state index is -1.61. The maximum absolute atomic E-state index is 13.2. The maximum atomic E-state index is 13.2. The van der Waals surface area contributed by atoms with Gasteiger partial charge in [-0.25, -0.2) is 4.79 Å². The van der Waals surface area contributed by atoms with Crippen molar-refractivity contribution in [3.8, 4) is 0 Å². The van der Waals surface area contributed by atoms with Gasteiger partial charge in [0.25, 0.3) is 0 Å². The minimum Gasteiger partial charge on any atom is -0.462 e. The quantitative estimate of drug-likeness (QED) is 0.130. The molecule has 2 N–H and O–H groups in total. The molecule has 4 rings (SSSR count). The lowest BCUT2D eigenvalue weighted by molar-refractivity contribution is -0.211. The molecule has 1 spiro atoms. The van der Waals surface area contributed by atoms with Crippen LogP contribution in [0.5, 0.6) is 0 Å². The van der Waals surface area contributed by atoms with Crippen LogP contribution in [-0.4, -0.2) is 81.9 Å². The summed E-state index contributed by atoms with van der Waals surface area (Å²) < 4.78 is 29.2. The summed E-state index contributed by atoms with van der Waals surface area (Å²) in [5, 5.41) is 24.4. The Morgan fingerprint density at radius 1 is 0.953 bits per heavy atom. The first-order valence-corrected chi connectivity index (χ1v) is 15.3. The molecule has 0 unspecified atom stereocenters. The third-order valence-corrected chi connectivity index (χ3v) is 9.85. The van der Waals surface area contributed by atoms with Crippen molar-refractivity contribution in [3.05, 3.63) is 23.3 Å². The van der Waals surface area contributed by atoms with Gasteiger partial charge in [-0.15, -0.1) is 0 Å². The van der Waals surface area contributed by atoms with E-state index < -0.39 is 83.0 Å². The van der Waals surface area contributed by atoms with Gasteiger partial charge < -0.3 is 33.9 Å². The zero-order valence-electron chi connectivity index (χ0n) is 26.2. The Bertz CT molecular complexity index is 1190. The summed E-state index contributed by atoms with van der Waals surface area (Å²) in [5.41, 5.74) is -3.49. The summed E-state index contributed by atoms with van der Waals surface area (Å²) in [4.78, 5) is 50.9. The molecule has 2 aliphatic heterocycles. The Hall–Kier alpha value is -2.76. The van der Waals surface area contributed by atoms with Gasteiger partial charge in [0.15, 0.2) is 29.5 Å². The number of aliphatic hydroxyl groups is 2. The number of hydrogen-bond donors (Lipinski definition) is 2. The third kappa shape index (κ3) is 5.64. The molecule has 240 valence electrons. The highest BCUT2D eigenvalue weighted by atomic mass is 16.7. The summed E-state index contributed by atoms with van der Waals surface area (Å²) in [6.07, 6.45) is 0.451. The van der Waals surface area contributed by atoms with E-state index in [9.17, 15) is 29.4 Å². The molecule has 2 aliphatic carbocycles. The molecule has 2 heterocycles. The van der Waals surface area contributed by atoms with Crippen LogP contribution < -0.4 is 0 Å². The molecule has 11 nitrogen and oxygen atoms in total. The predicted octanol–water partition coefficient (Wildman–Crippen LogP) is 3.23. The minimum absolute atomic E-state index is 0.121. The highest BCUT2D eigenvalue weighted by molar-refractivity contribution is 5.89. The van der Waals surface area contributed by atoms with Crippen LogP contribution in [0.4, 0.5) is 0 Å². The molecular formula is C32H46O11. The Morgan fingerprint density at radius 3 is 2.21 bits per heavy atom. The fourth-order valence-electron chi connectivity index (χ4n) is 7.44. The van der Waals surface area contributed by atoms with Crippen LogP contribution in [0.1, 0.15) is 93.4 Å². The van der Waals surface area contributed by atoms with Crippen molar-refractivity contribution in [1.29, 1.82) is 0 Å². The first kappa shape index (κ1) is 33.1. The SMILES string of the molecule is CCCCCCCC(=O)O[C@H]1/C(C)=C\[C@@H]2OC(=O)[C@]3(C)O[C@]23[C@@H](O)[C@H]2C(C)=CC[C@H](OC(C)=O)[C@]2(C)[C@@H](O)[C@@H]1OC(C)=O. The van der Waals surface area contributed by atoms with Gasteiger partial charge in [-0.1, -0.05) is 51.2 Å². The molecule has 0 aromatic heterocycles. The highest BCUT2D eigenvalue weighted by Crippen LogP contribution is 2.64. The second kappa shape index (κ2) is 12.3. The summed E-state index contributed by atoms with van der Waals surface area (Å²) in [6.45, 7) is 11.1. The van der Waals surface area contributed by atoms with Gasteiger partial charge in [-0.3, -0.25) is 14.4 Å². The summed E-state index contributed by atoms with van der Waals surface area (Å²) >= 11 is 0. The van der Waals surface area contributed by atoms with Crippen LogP contribution in [0, 0.1) is 11.3 Å². The molecule has 43 heavy (non-hydrogen) atoms. The van der Waals surface area contributed by atoms with Gasteiger partial charge in [-0.2, -0.15) is 0 Å². The molecule has 2 fully saturated rings. The standard InChI is InChI=1S/C32H46O11/c1-8-9-10-11-12-13-23(35)42-25-18(3)16-22-32(31(7,43-32)29(38)41-22)27(36)24-17(2)14-15-21(39-19(4)33)30(24,6)28(37)26(25)40-20(5)34/h14,16,21-22,24-28,36-37H,8-13,15H2,1-7H3/b18-16-/t21-,22-,24+,25-,26+,27-,28-,30-,31-,32-/m0/s1. The van der Waals surface area contributed by atoms with E-state index in [4.69, 9.17) is 23.7 Å². The average Bonchev–Trinajstić information content (AvgIpc) is 3.52. The van der Waals surface area contributed by atoms with E-state index in [0.29, 0.717) is 17.6 Å². The molecule has 10 atom stereocenters. The fourth-order valence-corrected chi connectivity index (χ4v) is 7.44. The van der Waals surface area contributed by atoms with Gasteiger partial charge in [0.05, 0.1) is 6.10 Å². The number of unbranched alkanes of at least 4 members (excludes halogenated alkanes) is 4. The van der Waals surface area contributed by atoms with Crippen LogP contribution in [0.2, 0.25) is 0 Å². The lowest BCUT2D eigenvalue weighted by atomic mass is 9.56. The van der Waals surface area contributed by atoms with E-state index in [-0.39, 0.29) is 12.8 Å². The Balaban J connectivity index is 1.85. The third-order valence-electron chi connectivity index (χ3n) is 9.85. The molecule has 0 amide bonds. The summed E-state index contributed by atoms with van der Waals surface area (Å²) in [5.74, 6) is -3.48. The zero-order valence-corrected chi connectivity index (χ0v) is 26.2. The van der Waals surface area contributed by atoms with Crippen molar-refractivity contribution >= 4 is 23.9 Å². The van der Waals surface area contributed by atoms with Crippen molar-refractivity contribution in [1.82, 2.24) is 0 Å². The Labute approximate surface area is 252 Å². The van der Waals surface area contributed by atoms with E-state index in [1.54, 1.807) is 27.7 Å². The number of epoxide rings is 1. The van der Waals surface area contributed by atoms with Gasteiger partial charge in [0.1, 0.15) is 12.2 Å². The number of ether oxygens (including phenoxy) is 5. The van der Waals surface area contributed by atoms with E-state index >= 15 is 0 Å². The number of hydrogen-bond acceptors (Lipinski definition) is 11. The predicted molar refractivity (Wildman–Crippen MR) is 152 cm³/mol. The smallest absolute Gasteiger partial charge is 0.342 e. The van der Waals surface area contributed by atoms with E-state index in [1.165, 1.54) is 19.9 Å². The molecule has 2 saturated heterocycles. The molecule has 4 aliphatic rings. The summed E-state index contributed by atoms with van der Waals surface area (Å²) in [7, 11) is 0. The number of carbonyl (C=O) groups is 4. The molecular weight excluding hydrogens is 560 g/mol. The molecule has 0 radical (unpaired) electrons. The molecule has 0 aromatic rings. The number of esters is 4. The Morgan fingerprint density at radius 2 is 1.60 bits per heavy atom. The van der Waals surface area contributed by atoms with Crippen molar-refractivity contribution in [2.75, 3.05) is 0 Å². The van der Waals surface area contributed by atoms with Crippen LogP contribution in [-0.2, 0) is 42.9 Å². The molecule has 0 saturated carbocycles. The maximum Gasteiger partial charge on any atom is 0.342 e. The number of fused-ring (bicyclic) bond motifs is 1. The van der Waals surface area contributed by atoms with Gasteiger partial charge in [0, 0.05) is 38.0 Å². The normalized spacial score (nSPS) is 41.2. The topological polar surface area (TPSA) is 158 Å². The highest BCUT2D eigenvalue weighted by Gasteiger charge is 2.86. The van der Waals surface area contributed by atoms with Crippen LogP contribution in [0.25, 0.3) is 0 Å². The largest absolute Gasteiger partial charge is 0.462 e.